The van der Waals surface area contributed by atoms with Gasteiger partial charge in [0.25, 0.3) is 0 Å². The Morgan fingerprint density at radius 1 is 0.744 bits per heavy atom. The molecule has 4 aromatic carbocycles. The minimum atomic E-state index is -0.495. The lowest BCUT2D eigenvalue weighted by Crippen LogP contribution is -2.48. The van der Waals surface area contributed by atoms with Crippen LogP contribution in [0.4, 0.5) is 5.69 Å². The van der Waals surface area contributed by atoms with Gasteiger partial charge in [-0.3, -0.25) is 14.5 Å². The Hall–Kier alpha value is -4.90. The van der Waals surface area contributed by atoms with Crippen LogP contribution in [0.5, 0.6) is 0 Å². The molecule has 1 aromatic heterocycles. The van der Waals surface area contributed by atoms with Gasteiger partial charge in [0.15, 0.2) is 0 Å². The number of hydrogen-bond donors (Lipinski definition) is 0. The van der Waals surface area contributed by atoms with Crippen molar-refractivity contribution in [2.75, 3.05) is 18.0 Å². The van der Waals surface area contributed by atoms with Crippen molar-refractivity contribution in [2.24, 2.45) is 0 Å². The van der Waals surface area contributed by atoms with Gasteiger partial charge in [0.2, 0.25) is 11.8 Å². The maximum atomic E-state index is 14.6. The van der Waals surface area contributed by atoms with E-state index in [0.717, 1.165) is 52.2 Å². The highest BCUT2D eigenvalue weighted by atomic mass is 16.2. The lowest BCUT2D eigenvalue weighted by molar-refractivity contribution is -0.136. The third-order valence-corrected chi connectivity index (χ3v) is 8.31. The van der Waals surface area contributed by atoms with E-state index in [4.69, 9.17) is 0 Å². The molecule has 1 aliphatic heterocycles. The number of rotatable bonds is 9. The number of aryl methyl sites for hydroxylation is 1. The maximum absolute atomic E-state index is 14.6. The van der Waals surface area contributed by atoms with Crippen molar-refractivity contribution in [3.8, 4) is 5.69 Å². The molecule has 0 N–H and O–H groups in total. The molecular formula is C38H37N3O2. The van der Waals surface area contributed by atoms with Crippen molar-refractivity contribution in [1.29, 1.82) is 0 Å². The fourth-order valence-corrected chi connectivity index (χ4v) is 6.13. The number of para-hydroxylation sites is 2. The van der Waals surface area contributed by atoms with Crippen LogP contribution in [0, 0.1) is 6.92 Å². The van der Waals surface area contributed by atoms with Crippen molar-refractivity contribution in [3.63, 3.8) is 0 Å². The average molecular weight is 568 g/mol. The molecule has 0 saturated heterocycles. The molecular weight excluding hydrogens is 530 g/mol. The molecule has 0 fully saturated rings. The van der Waals surface area contributed by atoms with Crippen molar-refractivity contribution < 1.29 is 9.59 Å². The Bertz CT molecular complexity index is 1650. The van der Waals surface area contributed by atoms with Gasteiger partial charge in [-0.25, -0.2) is 0 Å². The van der Waals surface area contributed by atoms with Crippen molar-refractivity contribution >= 4 is 17.5 Å². The minimum absolute atomic E-state index is 0.00754. The van der Waals surface area contributed by atoms with Crippen LogP contribution in [0.3, 0.4) is 0 Å². The lowest BCUT2D eigenvalue weighted by atomic mass is 9.90. The Morgan fingerprint density at radius 2 is 1.35 bits per heavy atom. The molecule has 216 valence electrons. The minimum Gasteiger partial charge on any atom is -0.333 e. The fourth-order valence-electron chi connectivity index (χ4n) is 6.13. The summed E-state index contributed by atoms with van der Waals surface area (Å²) < 4.78 is 2.17. The smallest absolute Gasteiger partial charge is 0.247 e. The number of carbonyl (C=O) groups is 2. The normalized spacial score (nSPS) is 13.8. The molecule has 1 aliphatic rings. The zero-order valence-electron chi connectivity index (χ0n) is 24.8. The molecule has 6 rings (SSSR count). The number of amides is 2. The number of benzene rings is 4. The van der Waals surface area contributed by atoms with E-state index in [1.165, 1.54) is 0 Å². The molecule has 43 heavy (non-hydrogen) atoms. The molecule has 5 aromatic rings. The van der Waals surface area contributed by atoms with Crippen LogP contribution in [-0.2, 0) is 9.59 Å². The summed E-state index contributed by atoms with van der Waals surface area (Å²) in [6, 6.07) is 40.0. The lowest BCUT2D eigenvalue weighted by Gasteiger charge is -2.40. The van der Waals surface area contributed by atoms with E-state index in [1.54, 1.807) is 4.90 Å². The molecule has 0 spiro atoms. The van der Waals surface area contributed by atoms with E-state index in [2.05, 4.69) is 54.9 Å². The third kappa shape index (κ3) is 5.63. The van der Waals surface area contributed by atoms with Gasteiger partial charge in [-0.1, -0.05) is 116 Å². The maximum Gasteiger partial charge on any atom is 0.247 e. The van der Waals surface area contributed by atoms with E-state index in [1.807, 2.05) is 95.9 Å². The molecule has 0 saturated carbocycles. The topological polar surface area (TPSA) is 45.6 Å². The molecule has 1 atom stereocenters. The quantitative estimate of drug-likeness (QED) is 0.183. The zero-order chi connectivity index (χ0) is 29.8. The van der Waals surface area contributed by atoms with Crippen molar-refractivity contribution in [3.05, 3.63) is 155 Å². The molecule has 0 unspecified atom stereocenters. The van der Waals surface area contributed by atoms with Gasteiger partial charge in [0, 0.05) is 12.7 Å². The second kappa shape index (κ2) is 12.5. The standard InChI is InChI=1S/C38H37N3O2/c1-3-4-25-39(38(43)36(29-14-7-5-8-15-29)30-16-9-6-10-17-30)27-35(42)41-33-19-12-11-18-32(33)40-26-13-20-34(40)37(41)31-23-21-28(2)22-24-31/h5-24,26,36-37H,3-4,25,27H2,1-2H3/t37-/m0/s1. The van der Waals surface area contributed by atoms with Crippen LogP contribution in [-0.4, -0.2) is 34.4 Å². The Balaban J connectivity index is 1.40. The summed E-state index contributed by atoms with van der Waals surface area (Å²) in [5.41, 5.74) is 6.86. The molecule has 5 heteroatoms. The molecule has 5 nitrogen and oxygen atoms in total. The zero-order valence-corrected chi connectivity index (χ0v) is 24.8. The SMILES string of the molecule is CCCCN(CC(=O)N1c2ccccc2-n2cccc2[C@@H]1c1ccc(C)cc1)C(=O)C(c1ccccc1)c1ccccc1. The Labute approximate surface area is 254 Å². The largest absolute Gasteiger partial charge is 0.333 e. The third-order valence-electron chi connectivity index (χ3n) is 8.31. The van der Waals surface area contributed by atoms with Crippen LogP contribution in [0.15, 0.2) is 128 Å². The van der Waals surface area contributed by atoms with Gasteiger partial charge in [0.1, 0.15) is 12.6 Å². The first-order valence-electron chi connectivity index (χ1n) is 15.1. The van der Waals surface area contributed by atoms with Gasteiger partial charge >= 0.3 is 0 Å². The van der Waals surface area contributed by atoms with Gasteiger partial charge in [-0.15, -0.1) is 0 Å². The first-order chi connectivity index (χ1) is 21.1. The molecule has 2 heterocycles. The summed E-state index contributed by atoms with van der Waals surface area (Å²) in [4.78, 5) is 32.8. The number of anilines is 1. The van der Waals surface area contributed by atoms with Gasteiger partial charge in [-0.05, 0) is 54.3 Å². The number of unbranched alkanes of at least 4 members (excludes halogenated alkanes) is 1. The molecule has 0 radical (unpaired) electrons. The van der Waals surface area contributed by atoms with Crippen LogP contribution < -0.4 is 4.90 Å². The van der Waals surface area contributed by atoms with Crippen molar-refractivity contribution in [1.82, 2.24) is 9.47 Å². The number of aromatic nitrogens is 1. The Kier molecular flexibility index (Phi) is 8.23. The average Bonchev–Trinajstić information content (AvgIpc) is 3.54. The molecule has 0 bridgehead atoms. The number of hydrogen-bond acceptors (Lipinski definition) is 2. The number of carbonyl (C=O) groups excluding carboxylic acids is 2. The predicted molar refractivity (Wildman–Crippen MR) is 172 cm³/mol. The first-order valence-corrected chi connectivity index (χ1v) is 15.1. The Morgan fingerprint density at radius 3 is 1.98 bits per heavy atom. The highest BCUT2D eigenvalue weighted by Crippen LogP contribution is 2.42. The highest BCUT2D eigenvalue weighted by molar-refractivity contribution is 6.01. The van der Waals surface area contributed by atoms with Crippen molar-refractivity contribution in [2.45, 2.75) is 38.6 Å². The van der Waals surface area contributed by atoms with E-state index in [9.17, 15) is 9.59 Å². The van der Waals surface area contributed by atoms with E-state index < -0.39 is 5.92 Å². The van der Waals surface area contributed by atoms with Crippen LogP contribution in [0.2, 0.25) is 0 Å². The van der Waals surface area contributed by atoms with E-state index in [0.29, 0.717) is 6.54 Å². The van der Waals surface area contributed by atoms with Gasteiger partial charge in [-0.2, -0.15) is 0 Å². The highest BCUT2D eigenvalue weighted by Gasteiger charge is 2.38. The summed E-state index contributed by atoms with van der Waals surface area (Å²) >= 11 is 0. The second-order valence-electron chi connectivity index (χ2n) is 11.2. The monoisotopic (exact) mass is 567 g/mol. The summed E-state index contributed by atoms with van der Waals surface area (Å²) in [5, 5.41) is 0. The van der Waals surface area contributed by atoms with Crippen LogP contribution in [0.25, 0.3) is 5.69 Å². The summed E-state index contributed by atoms with van der Waals surface area (Å²) in [6.07, 6.45) is 3.79. The van der Waals surface area contributed by atoms with Gasteiger partial charge in [0.05, 0.1) is 23.0 Å². The number of nitrogens with zero attached hydrogens (tertiary/aromatic N) is 3. The fraction of sp³-hybridized carbons (Fsp3) is 0.211. The first kappa shape index (κ1) is 28.2. The predicted octanol–water partition coefficient (Wildman–Crippen LogP) is 7.68. The summed E-state index contributed by atoms with van der Waals surface area (Å²) in [7, 11) is 0. The summed E-state index contributed by atoms with van der Waals surface area (Å²) in [5.74, 6) is -0.652. The second-order valence-corrected chi connectivity index (χ2v) is 11.2. The summed E-state index contributed by atoms with van der Waals surface area (Å²) in [6.45, 7) is 4.68. The van der Waals surface area contributed by atoms with E-state index >= 15 is 0 Å². The molecule has 0 aliphatic carbocycles. The molecule has 2 amide bonds. The van der Waals surface area contributed by atoms with Crippen LogP contribution in [0.1, 0.15) is 59.7 Å². The van der Waals surface area contributed by atoms with E-state index in [-0.39, 0.29) is 24.4 Å². The number of fused-ring (bicyclic) bond motifs is 3. The van der Waals surface area contributed by atoms with Gasteiger partial charge < -0.3 is 9.47 Å². The van der Waals surface area contributed by atoms with Crippen LogP contribution >= 0.6 is 0 Å².